The van der Waals surface area contributed by atoms with Gasteiger partial charge in [-0.15, -0.1) is 0 Å². The van der Waals surface area contributed by atoms with Crippen LogP contribution in [0.2, 0.25) is 0 Å². The highest BCUT2D eigenvalue weighted by molar-refractivity contribution is 5.74. The third kappa shape index (κ3) is 3.77. The number of benzene rings is 3. The van der Waals surface area contributed by atoms with Crippen LogP contribution >= 0.6 is 0 Å². The Hall–Kier alpha value is -3.07. The van der Waals surface area contributed by atoms with E-state index in [1.807, 2.05) is 48.5 Å². The number of ether oxygens (including phenoxy) is 1. The van der Waals surface area contributed by atoms with E-state index in [9.17, 15) is 9.90 Å². The Morgan fingerprint density at radius 3 is 1.85 bits per heavy atom. The van der Waals surface area contributed by atoms with E-state index in [0.717, 1.165) is 5.56 Å². The van der Waals surface area contributed by atoms with Crippen LogP contribution in [-0.4, -0.2) is 11.1 Å². The van der Waals surface area contributed by atoms with Gasteiger partial charge in [-0.2, -0.15) is 0 Å². The van der Waals surface area contributed by atoms with Gasteiger partial charge in [0.25, 0.3) is 0 Å². The molecule has 0 aliphatic rings. The predicted octanol–water partition coefficient (Wildman–Crippen LogP) is 5.22. The molecule has 0 amide bonds. The predicted molar refractivity (Wildman–Crippen MR) is 102 cm³/mol. The molecular formula is C23H22O3. The zero-order valence-electron chi connectivity index (χ0n) is 14.9. The van der Waals surface area contributed by atoms with Gasteiger partial charge < -0.3 is 9.84 Å². The number of hydrogen-bond acceptors (Lipinski definition) is 2. The SMILES string of the molecule is CC(C)(c1ccccc1)c1ccc(OC(C(=O)O)c2ccccc2)cc1. The molecule has 132 valence electrons. The molecule has 0 saturated carbocycles. The minimum atomic E-state index is -1.02. The summed E-state index contributed by atoms with van der Waals surface area (Å²) in [6.07, 6.45) is -1.02. The van der Waals surface area contributed by atoms with Crippen LogP contribution in [0.5, 0.6) is 5.75 Å². The summed E-state index contributed by atoms with van der Waals surface area (Å²) >= 11 is 0. The molecule has 3 heteroatoms. The van der Waals surface area contributed by atoms with Crippen LogP contribution in [0, 0.1) is 0 Å². The molecular weight excluding hydrogens is 324 g/mol. The fourth-order valence-corrected chi connectivity index (χ4v) is 3.00. The van der Waals surface area contributed by atoms with Crippen molar-refractivity contribution in [2.24, 2.45) is 0 Å². The number of aliphatic carboxylic acids is 1. The zero-order valence-corrected chi connectivity index (χ0v) is 14.9. The maximum Gasteiger partial charge on any atom is 0.349 e. The van der Waals surface area contributed by atoms with Gasteiger partial charge >= 0.3 is 5.97 Å². The lowest BCUT2D eigenvalue weighted by Gasteiger charge is -2.26. The average Bonchev–Trinajstić information content (AvgIpc) is 2.67. The van der Waals surface area contributed by atoms with Crippen molar-refractivity contribution >= 4 is 5.97 Å². The minimum absolute atomic E-state index is 0.147. The van der Waals surface area contributed by atoms with Crippen LogP contribution in [0.1, 0.15) is 36.6 Å². The lowest BCUT2D eigenvalue weighted by molar-refractivity contribution is -0.145. The van der Waals surface area contributed by atoms with E-state index in [1.54, 1.807) is 24.3 Å². The average molecular weight is 346 g/mol. The summed E-state index contributed by atoms with van der Waals surface area (Å²) in [6, 6.07) is 26.9. The molecule has 1 unspecified atom stereocenters. The van der Waals surface area contributed by atoms with Crippen LogP contribution in [0.15, 0.2) is 84.9 Å². The molecule has 3 aromatic rings. The van der Waals surface area contributed by atoms with Gasteiger partial charge in [0.05, 0.1) is 0 Å². The molecule has 0 radical (unpaired) electrons. The Balaban J connectivity index is 1.82. The topological polar surface area (TPSA) is 46.5 Å². The van der Waals surface area contributed by atoms with Gasteiger partial charge in [-0.25, -0.2) is 4.79 Å². The van der Waals surface area contributed by atoms with Crippen molar-refractivity contribution in [3.8, 4) is 5.75 Å². The van der Waals surface area contributed by atoms with Crippen molar-refractivity contribution in [1.82, 2.24) is 0 Å². The highest BCUT2D eigenvalue weighted by Crippen LogP contribution is 2.33. The van der Waals surface area contributed by atoms with Gasteiger partial charge in [-0.1, -0.05) is 86.6 Å². The van der Waals surface area contributed by atoms with Gasteiger partial charge in [0.15, 0.2) is 0 Å². The number of carboxylic acids is 1. The van der Waals surface area contributed by atoms with E-state index in [0.29, 0.717) is 11.3 Å². The normalized spacial score (nSPS) is 12.4. The Morgan fingerprint density at radius 2 is 1.31 bits per heavy atom. The first kappa shape index (κ1) is 17.7. The van der Waals surface area contributed by atoms with E-state index in [1.165, 1.54) is 5.56 Å². The largest absolute Gasteiger partial charge is 0.478 e. The van der Waals surface area contributed by atoms with Crippen LogP contribution in [0.25, 0.3) is 0 Å². The molecule has 1 N–H and O–H groups in total. The summed E-state index contributed by atoms with van der Waals surface area (Å²) in [5.41, 5.74) is 2.84. The molecule has 0 aliphatic heterocycles. The second-order valence-electron chi connectivity index (χ2n) is 6.76. The zero-order chi connectivity index (χ0) is 18.6. The minimum Gasteiger partial charge on any atom is -0.478 e. The lowest BCUT2D eigenvalue weighted by atomic mass is 9.78. The molecule has 0 heterocycles. The lowest BCUT2D eigenvalue weighted by Crippen LogP contribution is -2.19. The number of hydrogen-bond donors (Lipinski definition) is 1. The summed E-state index contributed by atoms with van der Waals surface area (Å²) in [5, 5.41) is 9.50. The molecule has 0 bridgehead atoms. The van der Waals surface area contributed by atoms with Gasteiger partial charge in [0.2, 0.25) is 6.10 Å². The van der Waals surface area contributed by atoms with Crippen LogP contribution in [0.4, 0.5) is 0 Å². The molecule has 26 heavy (non-hydrogen) atoms. The fourth-order valence-electron chi connectivity index (χ4n) is 3.00. The summed E-state index contributed by atoms with van der Waals surface area (Å²) < 4.78 is 5.74. The van der Waals surface area contributed by atoms with Gasteiger partial charge in [-0.3, -0.25) is 0 Å². The van der Waals surface area contributed by atoms with Gasteiger partial charge in [0.1, 0.15) is 5.75 Å². The van der Waals surface area contributed by atoms with Crippen molar-refractivity contribution in [3.05, 3.63) is 102 Å². The number of rotatable bonds is 6. The van der Waals surface area contributed by atoms with Crippen molar-refractivity contribution in [1.29, 1.82) is 0 Å². The van der Waals surface area contributed by atoms with Crippen LogP contribution < -0.4 is 4.74 Å². The Morgan fingerprint density at radius 1 is 0.808 bits per heavy atom. The molecule has 3 rings (SSSR count). The van der Waals surface area contributed by atoms with Crippen molar-refractivity contribution < 1.29 is 14.6 Å². The van der Waals surface area contributed by atoms with Crippen LogP contribution in [-0.2, 0) is 10.2 Å². The number of carboxylic acid groups (broad SMARTS) is 1. The molecule has 1 atom stereocenters. The van der Waals surface area contributed by atoms with E-state index < -0.39 is 12.1 Å². The summed E-state index contributed by atoms with van der Waals surface area (Å²) in [7, 11) is 0. The molecule has 3 aromatic carbocycles. The molecule has 3 nitrogen and oxygen atoms in total. The maximum atomic E-state index is 11.6. The second kappa shape index (κ2) is 7.44. The summed E-state index contributed by atoms with van der Waals surface area (Å²) in [5.74, 6) is -0.473. The highest BCUT2D eigenvalue weighted by atomic mass is 16.5. The van der Waals surface area contributed by atoms with E-state index in [2.05, 4.69) is 26.0 Å². The summed E-state index contributed by atoms with van der Waals surface area (Å²) in [6.45, 7) is 4.34. The molecule has 0 saturated heterocycles. The second-order valence-corrected chi connectivity index (χ2v) is 6.76. The van der Waals surface area contributed by atoms with E-state index in [-0.39, 0.29) is 5.41 Å². The highest BCUT2D eigenvalue weighted by Gasteiger charge is 2.24. The first-order chi connectivity index (χ1) is 12.5. The third-order valence-corrected chi connectivity index (χ3v) is 4.65. The smallest absolute Gasteiger partial charge is 0.349 e. The first-order valence-electron chi connectivity index (χ1n) is 8.59. The Bertz CT molecular complexity index is 853. The van der Waals surface area contributed by atoms with Crippen molar-refractivity contribution in [3.63, 3.8) is 0 Å². The van der Waals surface area contributed by atoms with Crippen molar-refractivity contribution in [2.75, 3.05) is 0 Å². The summed E-state index contributed by atoms with van der Waals surface area (Å²) in [4.78, 5) is 11.6. The van der Waals surface area contributed by atoms with Crippen molar-refractivity contribution in [2.45, 2.75) is 25.4 Å². The molecule has 0 spiro atoms. The van der Waals surface area contributed by atoms with E-state index in [4.69, 9.17) is 4.74 Å². The van der Waals surface area contributed by atoms with Gasteiger partial charge in [0, 0.05) is 11.0 Å². The number of carbonyl (C=O) groups is 1. The Labute approximate surface area is 153 Å². The fraction of sp³-hybridized carbons (Fsp3) is 0.174. The molecule has 0 fully saturated rings. The quantitative estimate of drug-likeness (QED) is 0.666. The van der Waals surface area contributed by atoms with Crippen LogP contribution in [0.3, 0.4) is 0 Å². The maximum absolute atomic E-state index is 11.6. The van der Waals surface area contributed by atoms with Gasteiger partial charge in [-0.05, 0) is 23.3 Å². The molecule has 0 aromatic heterocycles. The third-order valence-electron chi connectivity index (χ3n) is 4.65. The van der Waals surface area contributed by atoms with E-state index >= 15 is 0 Å². The molecule has 0 aliphatic carbocycles. The Kier molecular flexibility index (Phi) is 5.08. The standard InChI is InChI=1S/C23H22O3/c1-23(2,18-11-7-4-8-12-18)19-13-15-20(16-14-19)26-21(22(24)25)17-9-5-3-6-10-17/h3-16,21H,1-2H3,(H,24,25). The monoisotopic (exact) mass is 346 g/mol. The first-order valence-corrected chi connectivity index (χ1v) is 8.59.